The van der Waals surface area contributed by atoms with Gasteiger partial charge in [0.2, 0.25) is 5.78 Å². The second kappa shape index (κ2) is 12.0. The third-order valence-corrected chi connectivity index (χ3v) is 10.9. The van der Waals surface area contributed by atoms with Gasteiger partial charge in [0.25, 0.3) is 15.9 Å². The molecule has 4 aromatic rings. The van der Waals surface area contributed by atoms with Crippen LogP contribution in [0.3, 0.4) is 0 Å². The lowest BCUT2D eigenvalue weighted by atomic mass is 9.80. The molecular weight excluding hydrogens is 636 g/mol. The zero-order valence-corrected chi connectivity index (χ0v) is 28.4. The lowest BCUT2D eigenvalue weighted by Gasteiger charge is -2.29. The van der Waals surface area contributed by atoms with E-state index >= 15 is 0 Å². The van der Waals surface area contributed by atoms with E-state index in [2.05, 4.69) is 20.4 Å². The van der Waals surface area contributed by atoms with E-state index in [4.69, 9.17) is 26.8 Å². The van der Waals surface area contributed by atoms with Crippen LogP contribution in [0.4, 0.5) is 0 Å². The Balaban J connectivity index is 1.42. The fraction of sp³-hybridized carbons (Fsp3) is 0.297. The first-order valence-corrected chi connectivity index (χ1v) is 17.3. The molecule has 6 rings (SSSR count). The number of primary amides is 1. The van der Waals surface area contributed by atoms with E-state index in [-0.39, 0.29) is 39.6 Å². The van der Waals surface area contributed by atoms with Crippen LogP contribution in [0, 0.1) is 5.41 Å². The highest BCUT2D eigenvalue weighted by Crippen LogP contribution is 2.44. The van der Waals surface area contributed by atoms with Crippen molar-refractivity contribution in [2.45, 2.75) is 52.9 Å². The summed E-state index contributed by atoms with van der Waals surface area (Å²) in [7, 11) is -4.06. The molecule has 0 radical (unpaired) electrons. The SMILES string of the molecule is C=CCOc1c(C(N)=O)c(OCC(=O)c2cn(S(=O)(=O)C3=C(C)CC(C)(C)C=C3C)c3cc(C4CC4)ccc23)cc2ccc(Cl)cc12. The van der Waals surface area contributed by atoms with Gasteiger partial charge in [0.1, 0.15) is 23.7 Å². The monoisotopic (exact) mass is 672 g/mol. The number of amides is 1. The largest absolute Gasteiger partial charge is 0.488 e. The van der Waals surface area contributed by atoms with E-state index in [1.54, 1.807) is 24.3 Å². The minimum atomic E-state index is -4.06. The Bertz CT molecular complexity index is 2170. The van der Waals surface area contributed by atoms with Crippen LogP contribution in [-0.2, 0) is 10.0 Å². The van der Waals surface area contributed by atoms with Gasteiger partial charge in [-0.2, -0.15) is 0 Å². The topological polar surface area (TPSA) is 118 Å². The van der Waals surface area contributed by atoms with Gasteiger partial charge in [-0.1, -0.05) is 68.0 Å². The summed E-state index contributed by atoms with van der Waals surface area (Å²) < 4.78 is 41.8. The van der Waals surface area contributed by atoms with Gasteiger partial charge >= 0.3 is 0 Å². The molecule has 0 aliphatic heterocycles. The molecule has 3 aromatic carbocycles. The molecule has 1 aromatic heterocycles. The summed E-state index contributed by atoms with van der Waals surface area (Å²) in [5.74, 6) is -0.688. The van der Waals surface area contributed by atoms with E-state index < -0.39 is 28.3 Å². The van der Waals surface area contributed by atoms with Gasteiger partial charge in [-0.25, -0.2) is 12.4 Å². The molecular formula is C37H37ClN2O6S. The van der Waals surface area contributed by atoms with Crippen molar-refractivity contribution in [1.82, 2.24) is 3.97 Å². The third-order valence-electron chi connectivity index (χ3n) is 8.71. The number of Topliss-reactive ketones (excluding diaryl/α,β-unsaturated/α-hetero) is 1. The van der Waals surface area contributed by atoms with E-state index in [1.807, 2.05) is 38.1 Å². The average molecular weight is 673 g/mol. The van der Waals surface area contributed by atoms with Gasteiger partial charge in [-0.15, -0.1) is 0 Å². The summed E-state index contributed by atoms with van der Waals surface area (Å²) in [6.07, 6.45) is 7.60. The number of carbonyl (C=O) groups is 2. The second-order valence-electron chi connectivity index (χ2n) is 13.1. The molecule has 1 amide bonds. The minimum Gasteiger partial charge on any atom is -0.488 e. The highest BCUT2D eigenvalue weighted by Gasteiger charge is 2.34. The van der Waals surface area contributed by atoms with Crippen LogP contribution in [0.5, 0.6) is 11.5 Å². The van der Waals surface area contributed by atoms with Crippen LogP contribution in [0.25, 0.3) is 21.7 Å². The molecule has 1 heterocycles. The minimum absolute atomic E-state index is 0.0432. The molecule has 1 fully saturated rings. The number of aromatic nitrogens is 1. The average Bonchev–Trinajstić information content (AvgIpc) is 3.76. The van der Waals surface area contributed by atoms with Crippen molar-refractivity contribution in [3.63, 3.8) is 0 Å². The van der Waals surface area contributed by atoms with Crippen molar-refractivity contribution < 1.29 is 27.5 Å². The van der Waals surface area contributed by atoms with Crippen LogP contribution in [0.1, 0.15) is 79.2 Å². The molecule has 0 spiro atoms. The molecule has 244 valence electrons. The lowest BCUT2D eigenvalue weighted by molar-refractivity contribution is 0.0912. The maximum atomic E-state index is 14.4. The summed E-state index contributed by atoms with van der Waals surface area (Å²) in [5.41, 5.74) is 8.71. The van der Waals surface area contributed by atoms with Crippen LogP contribution in [0.2, 0.25) is 5.02 Å². The zero-order valence-electron chi connectivity index (χ0n) is 26.9. The number of allylic oxidation sites excluding steroid dienone is 3. The fourth-order valence-electron chi connectivity index (χ4n) is 6.80. The first-order chi connectivity index (χ1) is 22.2. The Labute approximate surface area is 279 Å². The highest BCUT2D eigenvalue weighted by molar-refractivity contribution is 7.94. The Morgan fingerprint density at radius 3 is 2.49 bits per heavy atom. The predicted octanol–water partition coefficient (Wildman–Crippen LogP) is 8.08. The first-order valence-electron chi connectivity index (χ1n) is 15.5. The normalized spacial score (nSPS) is 16.3. The molecule has 2 aliphatic rings. The van der Waals surface area contributed by atoms with Crippen molar-refractivity contribution in [3.05, 3.63) is 105 Å². The smallest absolute Gasteiger partial charge is 0.268 e. The maximum Gasteiger partial charge on any atom is 0.268 e. The molecule has 0 unspecified atom stereocenters. The summed E-state index contributed by atoms with van der Waals surface area (Å²) in [6, 6.07) is 12.3. The highest BCUT2D eigenvalue weighted by atomic mass is 35.5. The number of ether oxygens (including phenoxy) is 2. The van der Waals surface area contributed by atoms with Gasteiger partial charge in [0.15, 0.2) is 6.61 Å². The standard InChI is InChI=1S/C37H37ClN2O6S/c1-6-13-45-34-28-16-26(38)11-9-25(28)15-32(33(34)36(39)42)46-20-31(41)29-19-40(30-14-24(23-7-8-23)10-12-27(29)30)47(43,44)35-21(2)17-37(4,5)18-22(35)3/h6,9-12,14-17,19,23H,1,7-8,13,18,20H2,2-5H3,(H2,39,42). The Morgan fingerprint density at radius 2 is 1.83 bits per heavy atom. The van der Waals surface area contributed by atoms with Crippen LogP contribution in [-0.4, -0.2) is 37.3 Å². The number of hydrogen-bond donors (Lipinski definition) is 1. The molecule has 0 saturated heterocycles. The number of ketones is 1. The van der Waals surface area contributed by atoms with Gasteiger partial charge in [-0.05, 0) is 85.2 Å². The number of nitrogens with two attached hydrogens (primary N) is 1. The first kappa shape index (κ1) is 32.6. The Kier molecular flexibility index (Phi) is 8.34. The Hall–Kier alpha value is -4.34. The second-order valence-corrected chi connectivity index (χ2v) is 15.3. The zero-order chi connectivity index (χ0) is 33.8. The van der Waals surface area contributed by atoms with E-state index in [9.17, 15) is 18.0 Å². The number of halogens is 1. The van der Waals surface area contributed by atoms with Crippen molar-refractivity contribution in [1.29, 1.82) is 0 Å². The summed E-state index contributed by atoms with van der Waals surface area (Å²) in [6.45, 7) is 11.1. The molecule has 8 nitrogen and oxygen atoms in total. The predicted molar refractivity (Wildman–Crippen MR) is 186 cm³/mol. The molecule has 47 heavy (non-hydrogen) atoms. The van der Waals surface area contributed by atoms with Crippen LogP contribution >= 0.6 is 11.6 Å². The van der Waals surface area contributed by atoms with E-state index in [1.165, 1.54) is 16.2 Å². The molecule has 10 heteroatoms. The number of hydrogen-bond acceptors (Lipinski definition) is 6. The van der Waals surface area contributed by atoms with E-state index in [0.717, 1.165) is 24.0 Å². The van der Waals surface area contributed by atoms with E-state index in [0.29, 0.717) is 44.6 Å². The van der Waals surface area contributed by atoms with Crippen LogP contribution in [0.15, 0.2) is 83.4 Å². The number of benzene rings is 3. The van der Waals surface area contributed by atoms with Crippen molar-refractivity contribution in [2.75, 3.05) is 13.2 Å². The number of rotatable bonds is 11. The molecule has 2 aliphatic carbocycles. The molecule has 0 atom stereocenters. The lowest BCUT2D eigenvalue weighted by Crippen LogP contribution is -2.22. The Morgan fingerprint density at radius 1 is 1.09 bits per heavy atom. The number of nitrogens with zero attached hydrogens (tertiary/aromatic N) is 1. The van der Waals surface area contributed by atoms with Gasteiger partial charge in [-0.3, -0.25) is 9.59 Å². The maximum absolute atomic E-state index is 14.4. The van der Waals surface area contributed by atoms with Gasteiger partial charge in [0.05, 0.1) is 10.4 Å². The van der Waals surface area contributed by atoms with Crippen molar-refractivity contribution >= 4 is 55.0 Å². The fourth-order valence-corrected chi connectivity index (χ4v) is 8.80. The quantitative estimate of drug-likeness (QED) is 0.127. The number of fused-ring (bicyclic) bond motifs is 2. The summed E-state index contributed by atoms with van der Waals surface area (Å²) in [4.78, 5) is 26.9. The molecule has 0 bridgehead atoms. The molecule has 1 saturated carbocycles. The van der Waals surface area contributed by atoms with Crippen molar-refractivity contribution in [2.24, 2.45) is 11.1 Å². The summed E-state index contributed by atoms with van der Waals surface area (Å²) in [5, 5.41) is 2.14. The third kappa shape index (κ3) is 6.10. The summed E-state index contributed by atoms with van der Waals surface area (Å²) >= 11 is 6.24. The van der Waals surface area contributed by atoms with Gasteiger partial charge < -0.3 is 15.2 Å². The number of carbonyl (C=O) groups excluding carboxylic acids is 2. The van der Waals surface area contributed by atoms with Gasteiger partial charge in [0, 0.05) is 27.6 Å². The van der Waals surface area contributed by atoms with Crippen LogP contribution < -0.4 is 15.2 Å². The van der Waals surface area contributed by atoms with Crippen molar-refractivity contribution in [3.8, 4) is 11.5 Å². The molecule has 2 N–H and O–H groups in total.